The van der Waals surface area contributed by atoms with E-state index in [0.717, 1.165) is 0 Å². The third-order valence-corrected chi connectivity index (χ3v) is 6.18. The molecule has 0 saturated carbocycles. The number of para-hydroxylation sites is 2. The number of rotatable bonds is 14. The minimum absolute atomic E-state index is 0.0639. The number of carbonyl (C=O) groups is 5. The van der Waals surface area contributed by atoms with Crippen LogP contribution in [-0.2, 0) is 25.6 Å². The average molecular weight is 565 g/mol. The normalized spacial score (nSPS) is 12.3. The minimum Gasteiger partial charge on any atom is -0.496 e. The highest BCUT2D eigenvalue weighted by Gasteiger charge is 2.30. The molecule has 1 aromatic heterocycles. The minimum atomic E-state index is -1.42. The van der Waals surface area contributed by atoms with Crippen molar-refractivity contribution in [3.8, 4) is 11.6 Å². The molecule has 2 aromatic carbocycles. The van der Waals surface area contributed by atoms with Gasteiger partial charge in [-0.05, 0) is 43.2 Å². The molecule has 0 aliphatic rings. The van der Waals surface area contributed by atoms with E-state index in [-0.39, 0.29) is 18.1 Å². The summed E-state index contributed by atoms with van der Waals surface area (Å²) in [6.07, 6.45) is 0.468. The van der Waals surface area contributed by atoms with Crippen LogP contribution in [0.25, 0.3) is 11.0 Å². The van der Waals surface area contributed by atoms with Crippen LogP contribution in [0.3, 0.4) is 0 Å². The van der Waals surface area contributed by atoms with Crippen LogP contribution in [0, 0.1) is 5.92 Å². The van der Waals surface area contributed by atoms with Gasteiger partial charge in [0, 0.05) is 11.1 Å². The number of carbonyl (C=O) groups excluding carboxylic acids is 4. The van der Waals surface area contributed by atoms with Gasteiger partial charge in [-0.15, -0.1) is 0 Å². The third kappa shape index (κ3) is 8.56. The predicted octanol–water partition coefficient (Wildman–Crippen LogP) is 2.13. The topological polar surface area (TPSA) is 174 Å². The summed E-state index contributed by atoms with van der Waals surface area (Å²) >= 11 is 0. The highest BCUT2D eigenvalue weighted by atomic mass is 16.5. The van der Waals surface area contributed by atoms with E-state index in [0.29, 0.717) is 27.9 Å². The van der Waals surface area contributed by atoms with E-state index in [1.54, 1.807) is 56.3 Å². The van der Waals surface area contributed by atoms with E-state index in [1.165, 1.54) is 20.2 Å². The van der Waals surface area contributed by atoms with Crippen molar-refractivity contribution < 1.29 is 38.6 Å². The predicted molar refractivity (Wildman–Crippen MR) is 148 cm³/mol. The van der Waals surface area contributed by atoms with Gasteiger partial charge in [0.15, 0.2) is 18.2 Å². The van der Waals surface area contributed by atoms with Crippen LogP contribution in [0.2, 0.25) is 0 Å². The molecule has 0 fully saturated rings. The molecule has 12 nitrogen and oxygen atoms in total. The highest BCUT2D eigenvalue weighted by molar-refractivity contribution is 5.96. The number of hydrogen-bond donors (Lipinski definition) is 3. The van der Waals surface area contributed by atoms with E-state index >= 15 is 0 Å². The lowest BCUT2D eigenvalue weighted by molar-refractivity contribution is -0.141. The van der Waals surface area contributed by atoms with Crippen LogP contribution >= 0.6 is 0 Å². The number of ketones is 2. The molecule has 0 unspecified atom stereocenters. The molecule has 3 rings (SSSR count). The zero-order valence-electron chi connectivity index (χ0n) is 23.2. The molecule has 0 saturated heterocycles. The molecular formula is C29H32N4O8. The van der Waals surface area contributed by atoms with Gasteiger partial charge in [0.25, 0.3) is 0 Å². The monoisotopic (exact) mass is 564 g/mol. The molecule has 2 amide bonds. The van der Waals surface area contributed by atoms with Crippen molar-refractivity contribution in [3.63, 3.8) is 0 Å². The summed E-state index contributed by atoms with van der Waals surface area (Å²) in [6.45, 7) is 4.23. The van der Waals surface area contributed by atoms with Crippen molar-refractivity contribution in [2.45, 2.75) is 45.7 Å². The van der Waals surface area contributed by atoms with Gasteiger partial charge in [0.1, 0.15) is 17.8 Å². The Kier molecular flexibility index (Phi) is 10.4. The number of ether oxygens (including phenoxy) is 2. The molecule has 3 N–H and O–H groups in total. The molecule has 0 radical (unpaired) electrons. The maximum Gasteiger partial charge on any atom is 0.305 e. The third-order valence-electron chi connectivity index (χ3n) is 6.18. The first-order chi connectivity index (χ1) is 19.5. The summed E-state index contributed by atoms with van der Waals surface area (Å²) in [4.78, 5) is 70.6. The maximum atomic E-state index is 13.2. The Morgan fingerprint density at radius 3 is 2.34 bits per heavy atom. The van der Waals surface area contributed by atoms with Crippen LogP contribution in [-0.4, -0.2) is 70.2 Å². The van der Waals surface area contributed by atoms with Crippen molar-refractivity contribution >= 4 is 40.4 Å². The molecule has 3 aromatic rings. The maximum absolute atomic E-state index is 13.2. The summed E-state index contributed by atoms with van der Waals surface area (Å²) in [5.74, 6) is -3.39. The number of aliphatic carboxylic acids is 1. The van der Waals surface area contributed by atoms with E-state index in [1.807, 2.05) is 0 Å². The van der Waals surface area contributed by atoms with E-state index in [9.17, 15) is 29.1 Å². The first kappa shape index (κ1) is 30.7. The Morgan fingerprint density at radius 1 is 1.00 bits per heavy atom. The van der Waals surface area contributed by atoms with Crippen molar-refractivity contribution in [3.05, 3.63) is 59.8 Å². The lowest BCUT2D eigenvalue weighted by Crippen LogP contribution is -2.54. The van der Waals surface area contributed by atoms with Gasteiger partial charge in [0.2, 0.25) is 17.7 Å². The van der Waals surface area contributed by atoms with Gasteiger partial charge >= 0.3 is 5.97 Å². The number of hydrogen-bond acceptors (Lipinski definition) is 9. The summed E-state index contributed by atoms with van der Waals surface area (Å²) < 4.78 is 10.7. The van der Waals surface area contributed by atoms with Crippen LogP contribution in [0.1, 0.15) is 43.1 Å². The van der Waals surface area contributed by atoms with Gasteiger partial charge < -0.3 is 25.2 Å². The van der Waals surface area contributed by atoms with Gasteiger partial charge in [-0.25, -0.2) is 9.97 Å². The standard InChI is InChI=1S/C29H32N4O8/c1-16(2)28(33-25(36)12-19-11-18(17(3)34)9-10-24(19)40-4)29(39)32-22(13-27(37)38)23(35)15-41-26-14-30-20-7-5-6-8-21(20)31-26/h5-11,14,16,22,28H,12-13,15H2,1-4H3,(H,32,39)(H,33,36)(H,37,38)/t22-,28-/m0/s1. The number of Topliss-reactive ketones (excluding diaryl/α,β-unsaturated/α-hetero) is 2. The number of nitrogens with zero attached hydrogens (tertiary/aromatic N) is 2. The van der Waals surface area contributed by atoms with Crippen molar-refractivity contribution in [2.24, 2.45) is 5.92 Å². The lowest BCUT2D eigenvalue weighted by Gasteiger charge is -2.24. The Balaban J connectivity index is 1.68. The number of nitrogens with one attached hydrogen (secondary N) is 2. The van der Waals surface area contributed by atoms with Crippen LogP contribution in [0.4, 0.5) is 0 Å². The number of fused-ring (bicyclic) bond motifs is 1. The number of carboxylic acid groups (broad SMARTS) is 1. The summed E-state index contributed by atoms with van der Waals surface area (Å²) in [7, 11) is 1.43. The zero-order chi connectivity index (χ0) is 30.1. The lowest BCUT2D eigenvalue weighted by atomic mass is 10.0. The first-order valence-corrected chi connectivity index (χ1v) is 12.8. The van der Waals surface area contributed by atoms with Gasteiger partial charge in [-0.2, -0.15) is 0 Å². The van der Waals surface area contributed by atoms with Crippen LogP contribution in [0.5, 0.6) is 11.6 Å². The van der Waals surface area contributed by atoms with E-state index in [4.69, 9.17) is 9.47 Å². The van der Waals surface area contributed by atoms with E-state index in [2.05, 4.69) is 20.6 Å². The van der Waals surface area contributed by atoms with Crippen molar-refractivity contribution in [1.29, 1.82) is 0 Å². The Morgan fingerprint density at radius 2 is 1.71 bits per heavy atom. The van der Waals surface area contributed by atoms with Crippen LogP contribution < -0.4 is 20.1 Å². The molecule has 0 spiro atoms. The fourth-order valence-corrected chi connectivity index (χ4v) is 4.01. The molecule has 0 aliphatic carbocycles. The second-order valence-corrected chi connectivity index (χ2v) is 9.66. The number of methoxy groups -OCH3 is 1. The van der Waals surface area contributed by atoms with Crippen molar-refractivity contribution in [1.82, 2.24) is 20.6 Å². The second-order valence-electron chi connectivity index (χ2n) is 9.66. The second kappa shape index (κ2) is 14.0. The van der Waals surface area contributed by atoms with Gasteiger partial charge in [-0.3, -0.25) is 24.0 Å². The largest absolute Gasteiger partial charge is 0.496 e. The molecule has 216 valence electrons. The number of benzene rings is 2. The SMILES string of the molecule is COc1ccc(C(C)=O)cc1CC(=O)N[C@H](C(=O)N[C@@H](CC(=O)O)C(=O)COc1cnc2ccccc2n1)C(C)C. The molecule has 0 aliphatic heterocycles. The number of aromatic nitrogens is 2. The van der Waals surface area contributed by atoms with Gasteiger partial charge in [-0.1, -0.05) is 26.0 Å². The number of amides is 2. The molecule has 41 heavy (non-hydrogen) atoms. The summed E-state index contributed by atoms with van der Waals surface area (Å²) in [5, 5.41) is 14.4. The fraction of sp³-hybridized carbons (Fsp3) is 0.345. The smallest absolute Gasteiger partial charge is 0.305 e. The average Bonchev–Trinajstić information content (AvgIpc) is 2.93. The molecule has 1 heterocycles. The van der Waals surface area contributed by atoms with E-state index < -0.39 is 54.6 Å². The Bertz CT molecular complexity index is 1460. The quantitative estimate of drug-likeness (QED) is 0.246. The van der Waals surface area contributed by atoms with Crippen molar-refractivity contribution in [2.75, 3.05) is 13.7 Å². The molecule has 12 heteroatoms. The van der Waals surface area contributed by atoms with Gasteiger partial charge in [0.05, 0.1) is 37.2 Å². The zero-order valence-corrected chi connectivity index (χ0v) is 23.2. The molecular weight excluding hydrogens is 532 g/mol. The Hall–Kier alpha value is -4.87. The molecule has 0 bridgehead atoms. The molecule has 2 atom stereocenters. The first-order valence-electron chi connectivity index (χ1n) is 12.8. The van der Waals surface area contributed by atoms with Crippen LogP contribution in [0.15, 0.2) is 48.7 Å². The summed E-state index contributed by atoms with van der Waals surface area (Å²) in [5.41, 5.74) is 2.04. The fourth-order valence-electron chi connectivity index (χ4n) is 4.01. The number of carboxylic acids is 1. The summed E-state index contributed by atoms with van der Waals surface area (Å²) in [6, 6.07) is 9.28. The Labute approximate surface area is 236 Å². The highest BCUT2D eigenvalue weighted by Crippen LogP contribution is 2.21.